The van der Waals surface area contributed by atoms with Gasteiger partial charge in [-0.15, -0.1) is 0 Å². The van der Waals surface area contributed by atoms with Crippen molar-refractivity contribution < 1.29 is 4.74 Å². The van der Waals surface area contributed by atoms with Crippen LogP contribution in [0.1, 0.15) is 37.4 Å². The van der Waals surface area contributed by atoms with Crippen LogP contribution in [0, 0.1) is 6.92 Å². The van der Waals surface area contributed by atoms with Gasteiger partial charge in [-0.1, -0.05) is 36.8 Å². The van der Waals surface area contributed by atoms with Crippen LogP contribution in [-0.2, 0) is 4.74 Å². The van der Waals surface area contributed by atoms with Gasteiger partial charge in [0.25, 0.3) is 0 Å². The predicted molar refractivity (Wildman–Crippen MR) is 95.7 cm³/mol. The molecule has 128 valence electrons. The van der Waals surface area contributed by atoms with Gasteiger partial charge in [-0.25, -0.2) is 0 Å². The second-order valence-corrected chi connectivity index (χ2v) is 6.25. The van der Waals surface area contributed by atoms with Gasteiger partial charge < -0.3 is 15.8 Å². The molecule has 3 N–H and O–H groups in total. The minimum atomic E-state index is 0.247. The van der Waals surface area contributed by atoms with Gasteiger partial charge in [0.05, 0.1) is 25.8 Å². The van der Waals surface area contributed by atoms with E-state index in [9.17, 15) is 0 Å². The zero-order valence-corrected chi connectivity index (χ0v) is 14.6. The summed E-state index contributed by atoms with van der Waals surface area (Å²) < 4.78 is 5.48. The molecule has 1 aromatic carbocycles. The summed E-state index contributed by atoms with van der Waals surface area (Å²) in [7, 11) is 0. The maximum Gasteiger partial charge on any atom is 0.188 e. The highest BCUT2D eigenvalue weighted by molar-refractivity contribution is 5.78. The summed E-state index contributed by atoms with van der Waals surface area (Å²) >= 11 is 0. The molecule has 1 fully saturated rings. The van der Waals surface area contributed by atoms with Crippen molar-refractivity contribution in [1.82, 2.24) is 10.2 Å². The summed E-state index contributed by atoms with van der Waals surface area (Å²) in [6.45, 7) is 10.5. The molecule has 0 aliphatic carbocycles. The van der Waals surface area contributed by atoms with Gasteiger partial charge in [0.15, 0.2) is 5.96 Å². The Morgan fingerprint density at radius 1 is 1.30 bits per heavy atom. The van der Waals surface area contributed by atoms with Crippen LogP contribution in [-0.4, -0.2) is 49.7 Å². The Morgan fingerprint density at radius 3 is 2.57 bits per heavy atom. The van der Waals surface area contributed by atoms with Gasteiger partial charge in [0, 0.05) is 19.1 Å². The molecule has 5 nitrogen and oxygen atoms in total. The van der Waals surface area contributed by atoms with E-state index in [1.807, 2.05) is 0 Å². The summed E-state index contributed by atoms with van der Waals surface area (Å²) in [5, 5.41) is 3.23. The average molecular weight is 318 g/mol. The fourth-order valence-electron chi connectivity index (χ4n) is 2.69. The van der Waals surface area contributed by atoms with Crippen molar-refractivity contribution in [1.29, 1.82) is 0 Å². The van der Waals surface area contributed by atoms with E-state index in [0.29, 0.717) is 18.5 Å². The van der Waals surface area contributed by atoms with E-state index in [2.05, 4.69) is 60.2 Å². The number of guanidine groups is 1. The molecular weight excluding hydrogens is 288 g/mol. The molecule has 23 heavy (non-hydrogen) atoms. The number of aliphatic imine (C=N–C) groups is 1. The van der Waals surface area contributed by atoms with Crippen LogP contribution in [0.5, 0.6) is 0 Å². The standard InChI is InChI=1S/C18H30N4O/c1-4-15(3)21-18(19)20-13-17(22-9-11-23-12-10-22)16-7-5-14(2)6-8-16/h5-8,15,17H,4,9-13H2,1-3H3,(H3,19,20,21). The molecule has 1 aliphatic rings. The van der Waals surface area contributed by atoms with E-state index in [1.54, 1.807) is 0 Å². The molecule has 0 radical (unpaired) electrons. The number of rotatable bonds is 6. The number of hydrogen-bond acceptors (Lipinski definition) is 3. The van der Waals surface area contributed by atoms with Gasteiger partial charge >= 0.3 is 0 Å². The molecule has 1 heterocycles. The minimum Gasteiger partial charge on any atom is -0.379 e. The zero-order valence-electron chi connectivity index (χ0n) is 14.6. The molecule has 2 rings (SSSR count). The number of morpholine rings is 1. The third-order valence-corrected chi connectivity index (χ3v) is 4.39. The van der Waals surface area contributed by atoms with Crippen molar-refractivity contribution in [3.63, 3.8) is 0 Å². The van der Waals surface area contributed by atoms with E-state index in [4.69, 9.17) is 10.5 Å². The van der Waals surface area contributed by atoms with Crippen LogP contribution < -0.4 is 11.1 Å². The second-order valence-electron chi connectivity index (χ2n) is 6.25. The summed E-state index contributed by atoms with van der Waals surface area (Å²) in [4.78, 5) is 7.03. The summed E-state index contributed by atoms with van der Waals surface area (Å²) in [5.41, 5.74) is 8.59. The maximum absolute atomic E-state index is 6.03. The highest BCUT2D eigenvalue weighted by atomic mass is 16.5. The van der Waals surface area contributed by atoms with Crippen molar-refractivity contribution in [3.8, 4) is 0 Å². The third kappa shape index (κ3) is 5.52. The second kappa shape index (κ2) is 8.89. The van der Waals surface area contributed by atoms with Crippen LogP contribution in [0.15, 0.2) is 29.3 Å². The van der Waals surface area contributed by atoms with E-state index in [1.165, 1.54) is 11.1 Å². The molecule has 1 aromatic rings. The lowest BCUT2D eigenvalue weighted by Crippen LogP contribution is -2.42. The van der Waals surface area contributed by atoms with Crippen molar-refractivity contribution in [2.75, 3.05) is 32.8 Å². The number of benzene rings is 1. The van der Waals surface area contributed by atoms with Gasteiger partial charge in [-0.3, -0.25) is 9.89 Å². The molecular formula is C18H30N4O. The Hall–Kier alpha value is -1.59. The first-order valence-corrected chi connectivity index (χ1v) is 8.55. The summed E-state index contributed by atoms with van der Waals surface area (Å²) in [6, 6.07) is 9.31. The van der Waals surface area contributed by atoms with Crippen molar-refractivity contribution >= 4 is 5.96 Å². The molecule has 5 heteroatoms. The smallest absolute Gasteiger partial charge is 0.188 e. The Kier molecular flexibility index (Phi) is 6.86. The Bertz CT molecular complexity index is 494. The van der Waals surface area contributed by atoms with Crippen LogP contribution in [0.25, 0.3) is 0 Å². The number of nitrogens with zero attached hydrogens (tertiary/aromatic N) is 2. The number of hydrogen-bond donors (Lipinski definition) is 2. The molecule has 0 amide bonds. The zero-order chi connectivity index (χ0) is 16.7. The van der Waals surface area contributed by atoms with Gasteiger partial charge in [-0.2, -0.15) is 0 Å². The SMILES string of the molecule is CCC(C)NC(N)=NCC(c1ccc(C)cc1)N1CCOCC1. The van der Waals surface area contributed by atoms with Crippen molar-refractivity contribution in [3.05, 3.63) is 35.4 Å². The van der Waals surface area contributed by atoms with Crippen molar-refractivity contribution in [2.24, 2.45) is 10.7 Å². The van der Waals surface area contributed by atoms with Crippen LogP contribution in [0.4, 0.5) is 0 Å². The average Bonchev–Trinajstić information content (AvgIpc) is 2.57. The molecule has 1 aliphatic heterocycles. The van der Waals surface area contributed by atoms with E-state index in [0.717, 1.165) is 32.7 Å². The first-order valence-electron chi connectivity index (χ1n) is 8.55. The van der Waals surface area contributed by atoms with Gasteiger partial charge in [0.2, 0.25) is 0 Å². The normalized spacial score (nSPS) is 19.3. The number of ether oxygens (including phenoxy) is 1. The number of nitrogens with one attached hydrogen (secondary N) is 1. The fourth-order valence-corrected chi connectivity index (χ4v) is 2.69. The van der Waals surface area contributed by atoms with Crippen LogP contribution >= 0.6 is 0 Å². The first kappa shape index (κ1) is 17.8. The highest BCUT2D eigenvalue weighted by Crippen LogP contribution is 2.22. The number of nitrogens with two attached hydrogens (primary N) is 1. The molecule has 0 saturated carbocycles. The van der Waals surface area contributed by atoms with Crippen LogP contribution in [0.3, 0.4) is 0 Å². The topological polar surface area (TPSA) is 62.9 Å². The minimum absolute atomic E-state index is 0.247. The number of aryl methyl sites for hydroxylation is 1. The quantitative estimate of drug-likeness (QED) is 0.623. The molecule has 0 aromatic heterocycles. The monoisotopic (exact) mass is 318 g/mol. The van der Waals surface area contributed by atoms with E-state index in [-0.39, 0.29) is 6.04 Å². The van der Waals surface area contributed by atoms with Gasteiger partial charge in [-0.05, 0) is 25.8 Å². The first-order chi connectivity index (χ1) is 11.1. The maximum atomic E-state index is 6.03. The lowest BCUT2D eigenvalue weighted by atomic mass is 10.0. The molecule has 2 unspecified atom stereocenters. The lowest BCUT2D eigenvalue weighted by molar-refractivity contribution is 0.0180. The Balaban J connectivity index is 2.09. The molecule has 0 bridgehead atoms. The molecule has 1 saturated heterocycles. The lowest BCUT2D eigenvalue weighted by Gasteiger charge is -2.34. The Labute approximate surface area is 139 Å². The Morgan fingerprint density at radius 2 is 1.96 bits per heavy atom. The largest absolute Gasteiger partial charge is 0.379 e. The van der Waals surface area contributed by atoms with E-state index < -0.39 is 0 Å². The highest BCUT2D eigenvalue weighted by Gasteiger charge is 2.22. The summed E-state index contributed by atoms with van der Waals surface area (Å²) in [6.07, 6.45) is 1.03. The van der Waals surface area contributed by atoms with Crippen molar-refractivity contribution in [2.45, 2.75) is 39.3 Å². The fraction of sp³-hybridized carbons (Fsp3) is 0.611. The van der Waals surface area contributed by atoms with E-state index >= 15 is 0 Å². The summed E-state index contributed by atoms with van der Waals surface area (Å²) in [5.74, 6) is 0.532. The van der Waals surface area contributed by atoms with Gasteiger partial charge in [0.1, 0.15) is 0 Å². The molecule has 2 atom stereocenters. The van der Waals surface area contributed by atoms with Crippen LogP contribution in [0.2, 0.25) is 0 Å². The third-order valence-electron chi connectivity index (χ3n) is 4.39. The predicted octanol–water partition coefficient (Wildman–Crippen LogP) is 2.07. The molecule has 0 spiro atoms.